The lowest BCUT2D eigenvalue weighted by Gasteiger charge is -2.32. The molecule has 0 saturated carbocycles. The SMILES string of the molecule is CCOC(=S)C1=C(c2ccc(OC)cc2)Oc2ccc3ccccc3c2C1c1ccccc1. The van der Waals surface area contributed by atoms with E-state index in [0.29, 0.717) is 17.4 Å². The molecule has 5 rings (SSSR count). The maximum Gasteiger partial charge on any atom is 0.191 e. The molecule has 0 spiro atoms. The van der Waals surface area contributed by atoms with Gasteiger partial charge in [0.25, 0.3) is 0 Å². The molecule has 0 N–H and O–H groups in total. The molecule has 0 fully saturated rings. The van der Waals surface area contributed by atoms with E-state index < -0.39 is 0 Å². The number of hydrogen-bond donors (Lipinski definition) is 0. The molecule has 1 atom stereocenters. The Morgan fingerprint density at radius 1 is 0.879 bits per heavy atom. The molecule has 0 aromatic heterocycles. The summed E-state index contributed by atoms with van der Waals surface area (Å²) in [7, 11) is 1.66. The third-order valence-electron chi connectivity index (χ3n) is 5.95. The second-order valence-electron chi connectivity index (χ2n) is 7.84. The summed E-state index contributed by atoms with van der Waals surface area (Å²) in [6.45, 7) is 2.44. The van der Waals surface area contributed by atoms with Gasteiger partial charge >= 0.3 is 0 Å². The largest absolute Gasteiger partial charge is 0.497 e. The lowest BCUT2D eigenvalue weighted by atomic mass is 9.79. The quantitative estimate of drug-likeness (QED) is 0.301. The minimum atomic E-state index is -0.128. The molecule has 0 aliphatic carbocycles. The minimum Gasteiger partial charge on any atom is -0.497 e. The average Bonchev–Trinajstić information content (AvgIpc) is 2.88. The third kappa shape index (κ3) is 3.87. The van der Waals surface area contributed by atoms with Crippen molar-refractivity contribution in [2.24, 2.45) is 0 Å². The zero-order valence-electron chi connectivity index (χ0n) is 18.6. The predicted octanol–water partition coefficient (Wildman–Crippen LogP) is 7.15. The van der Waals surface area contributed by atoms with Gasteiger partial charge in [0, 0.05) is 17.0 Å². The molecule has 33 heavy (non-hydrogen) atoms. The van der Waals surface area contributed by atoms with E-state index in [9.17, 15) is 0 Å². The van der Waals surface area contributed by atoms with E-state index in [1.807, 2.05) is 37.3 Å². The Balaban J connectivity index is 1.82. The Bertz CT molecular complexity index is 1340. The maximum absolute atomic E-state index is 6.60. The average molecular weight is 453 g/mol. The Morgan fingerprint density at radius 2 is 1.61 bits per heavy atom. The normalized spacial score (nSPS) is 15.0. The minimum absolute atomic E-state index is 0.128. The summed E-state index contributed by atoms with van der Waals surface area (Å²) >= 11 is 5.84. The van der Waals surface area contributed by atoms with Gasteiger partial charge < -0.3 is 14.2 Å². The van der Waals surface area contributed by atoms with E-state index in [2.05, 4.69) is 60.7 Å². The molecule has 4 aromatic carbocycles. The van der Waals surface area contributed by atoms with Crippen LogP contribution in [0.15, 0.2) is 96.6 Å². The van der Waals surface area contributed by atoms with Crippen molar-refractivity contribution in [3.63, 3.8) is 0 Å². The molecule has 0 saturated heterocycles. The summed E-state index contributed by atoms with van der Waals surface area (Å²) in [5.74, 6) is 2.21. The fraction of sp³-hybridized carbons (Fsp3) is 0.138. The summed E-state index contributed by atoms with van der Waals surface area (Å²) in [4.78, 5) is 0. The lowest BCUT2D eigenvalue weighted by molar-refractivity contribution is 0.333. The predicted molar refractivity (Wildman–Crippen MR) is 137 cm³/mol. The highest BCUT2D eigenvalue weighted by Crippen LogP contribution is 2.49. The molecule has 164 valence electrons. The van der Waals surface area contributed by atoms with Crippen LogP contribution in [0.25, 0.3) is 16.5 Å². The molecule has 3 nitrogen and oxygen atoms in total. The molecule has 1 unspecified atom stereocenters. The number of fused-ring (bicyclic) bond motifs is 3. The standard InChI is InChI=1S/C29H24O3S/c1-3-31-29(33)27-25(20-10-5-4-6-11-20)26-23-12-8-7-9-19(23)15-18-24(26)32-28(27)21-13-16-22(30-2)17-14-21/h4-18,25H,3H2,1-2H3. The van der Waals surface area contributed by atoms with E-state index in [4.69, 9.17) is 26.4 Å². The van der Waals surface area contributed by atoms with Crippen LogP contribution in [0.1, 0.15) is 29.5 Å². The number of methoxy groups -OCH3 is 1. The van der Waals surface area contributed by atoms with Gasteiger partial charge in [-0.3, -0.25) is 0 Å². The van der Waals surface area contributed by atoms with Crippen LogP contribution in [-0.4, -0.2) is 18.8 Å². The first-order valence-electron chi connectivity index (χ1n) is 11.0. The van der Waals surface area contributed by atoms with Gasteiger partial charge in [0.05, 0.1) is 19.3 Å². The first-order chi connectivity index (χ1) is 16.2. The summed E-state index contributed by atoms with van der Waals surface area (Å²) in [6, 6.07) is 30.8. The third-order valence-corrected chi connectivity index (χ3v) is 6.28. The summed E-state index contributed by atoms with van der Waals surface area (Å²) in [5, 5.41) is 2.76. The number of thiocarbonyl (C=S) groups is 1. The summed E-state index contributed by atoms with van der Waals surface area (Å²) in [6.07, 6.45) is 0. The Morgan fingerprint density at radius 3 is 2.33 bits per heavy atom. The van der Waals surface area contributed by atoms with Gasteiger partial charge in [-0.25, -0.2) is 0 Å². The maximum atomic E-state index is 6.60. The molecular weight excluding hydrogens is 428 g/mol. The zero-order valence-corrected chi connectivity index (χ0v) is 19.4. The highest BCUT2D eigenvalue weighted by molar-refractivity contribution is 7.80. The molecule has 0 radical (unpaired) electrons. The van der Waals surface area contributed by atoms with Crippen LogP contribution < -0.4 is 9.47 Å². The molecule has 1 heterocycles. The van der Waals surface area contributed by atoms with Crippen LogP contribution in [0, 0.1) is 0 Å². The van der Waals surface area contributed by atoms with E-state index >= 15 is 0 Å². The molecular formula is C29H24O3S. The Hall–Kier alpha value is -3.63. The van der Waals surface area contributed by atoms with Crippen molar-refractivity contribution in [2.75, 3.05) is 13.7 Å². The fourth-order valence-corrected chi connectivity index (χ4v) is 4.79. The van der Waals surface area contributed by atoms with Gasteiger partial charge in [-0.15, -0.1) is 0 Å². The first-order valence-corrected chi connectivity index (χ1v) is 11.4. The molecule has 0 amide bonds. The number of hydrogen-bond acceptors (Lipinski definition) is 4. The second kappa shape index (κ2) is 9.08. The molecule has 4 heteroatoms. The van der Waals surface area contributed by atoms with Crippen molar-refractivity contribution in [1.82, 2.24) is 0 Å². The summed E-state index contributed by atoms with van der Waals surface area (Å²) < 4.78 is 17.9. The van der Waals surface area contributed by atoms with Crippen LogP contribution in [-0.2, 0) is 4.74 Å². The number of rotatable bonds is 5. The van der Waals surface area contributed by atoms with Crippen molar-refractivity contribution >= 4 is 33.8 Å². The first kappa shape index (κ1) is 21.2. The van der Waals surface area contributed by atoms with Crippen LogP contribution in [0.2, 0.25) is 0 Å². The lowest BCUT2D eigenvalue weighted by Crippen LogP contribution is -2.23. The monoisotopic (exact) mass is 452 g/mol. The van der Waals surface area contributed by atoms with E-state index in [1.54, 1.807) is 7.11 Å². The van der Waals surface area contributed by atoms with Crippen molar-refractivity contribution in [3.05, 3.63) is 113 Å². The van der Waals surface area contributed by atoms with Gasteiger partial charge in [0.15, 0.2) is 5.05 Å². The van der Waals surface area contributed by atoms with E-state index in [-0.39, 0.29) is 5.92 Å². The van der Waals surface area contributed by atoms with Crippen LogP contribution in [0.3, 0.4) is 0 Å². The van der Waals surface area contributed by atoms with Crippen molar-refractivity contribution in [2.45, 2.75) is 12.8 Å². The van der Waals surface area contributed by atoms with E-state index in [1.165, 1.54) is 0 Å². The van der Waals surface area contributed by atoms with Crippen LogP contribution in [0.5, 0.6) is 11.5 Å². The topological polar surface area (TPSA) is 27.7 Å². The highest BCUT2D eigenvalue weighted by atomic mass is 32.1. The molecule has 1 aliphatic rings. The molecule has 0 bridgehead atoms. The van der Waals surface area contributed by atoms with Gasteiger partial charge in [0.1, 0.15) is 17.3 Å². The van der Waals surface area contributed by atoms with Crippen molar-refractivity contribution in [1.29, 1.82) is 0 Å². The summed E-state index contributed by atoms with van der Waals surface area (Å²) in [5.41, 5.74) is 4.04. The van der Waals surface area contributed by atoms with Gasteiger partial charge in [-0.05, 0) is 65.8 Å². The zero-order chi connectivity index (χ0) is 22.8. The number of benzene rings is 4. The fourth-order valence-electron chi connectivity index (χ4n) is 4.46. The van der Waals surface area contributed by atoms with Crippen LogP contribution >= 0.6 is 12.2 Å². The van der Waals surface area contributed by atoms with Crippen LogP contribution in [0.4, 0.5) is 0 Å². The second-order valence-corrected chi connectivity index (χ2v) is 8.21. The van der Waals surface area contributed by atoms with E-state index in [0.717, 1.165) is 44.5 Å². The van der Waals surface area contributed by atoms with Crippen molar-refractivity contribution < 1.29 is 14.2 Å². The number of ether oxygens (including phenoxy) is 3. The molecule has 4 aromatic rings. The highest BCUT2D eigenvalue weighted by Gasteiger charge is 2.36. The Kier molecular flexibility index (Phi) is 5.84. The molecule has 1 aliphatic heterocycles. The van der Waals surface area contributed by atoms with Gasteiger partial charge in [-0.2, -0.15) is 0 Å². The van der Waals surface area contributed by atoms with Gasteiger partial charge in [0.2, 0.25) is 0 Å². The van der Waals surface area contributed by atoms with Gasteiger partial charge in [-0.1, -0.05) is 60.7 Å². The smallest absolute Gasteiger partial charge is 0.191 e. The Labute approximate surface area is 199 Å². The van der Waals surface area contributed by atoms with Crippen molar-refractivity contribution in [3.8, 4) is 11.5 Å².